The fraction of sp³-hybridized carbons (Fsp3) is 0.278. The number of rotatable bonds is 6. The molecule has 8 nitrogen and oxygen atoms in total. The molecule has 3 rings (SSSR count). The summed E-state index contributed by atoms with van der Waals surface area (Å²) in [4.78, 5) is 22.6. The highest BCUT2D eigenvalue weighted by molar-refractivity contribution is 6.30. The summed E-state index contributed by atoms with van der Waals surface area (Å²) in [6, 6.07) is 9.12. The summed E-state index contributed by atoms with van der Waals surface area (Å²) >= 11 is 5.75. The Morgan fingerprint density at radius 2 is 2.00 bits per heavy atom. The van der Waals surface area contributed by atoms with Crippen molar-refractivity contribution in [2.45, 2.75) is 13.0 Å². The number of carbonyl (C=O) groups is 1. The summed E-state index contributed by atoms with van der Waals surface area (Å²) in [5, 5.41) is 14.0. The number of nitrogens with one attached hydrogen (secondary N) is 1. The van der Waals surface area contributed by atoms with E-state index in [2.05, 4.69) is 5.32 Å². The number of nitro benzene ring substituents is 1. The van der Waals surface area contributed by atoms with Crippen LogP contribution in [0.4, 0.5) is 5.69 Å². The first-order chi connectivity index (χ1) is 12.9. The Hall–Kier alpha value is -3.00. The monoisotopic (exact) mass is 392 g/mol. The van der Waals surface area contributed by atoms with Gasteiger partial charge in [-0.15, -0.1) is 0 Å². The minimum atomic E-state index is -0.614. The predicted molar refractivity (Wildman–Crippen MR) is 97.6 cm³/mol. The molecule has 1 aliphatic rings. The van der Waals surface area contributed by atoms with E-state index in [4.69, 9.17) is 25.8 Å². The molecule has 1 aliphatic heterocycles. The number of halogens is 1. The van der Waals surface area contributed by atoms with Gasteiger partial charge < -0.3 is 19.5 Å². The van der Waals surface area contributed by atoms with Crippen LogP contribution in [0.5, 0.6) is 17.2 Å². The SMILES string of the molecule is CC(NC(=O)COc1ccc(Cl)cc1[N+](=O)[O-])c1ccc2c(c1)OCCO2. The zero-order valence-electron chi connectivity index (χ0n) is 14.4. The molecule has 0 bridgehead atoms. The van der Waals surface area contributed by atoms with Crippen LogP contribution in [0.1, 0.15) is 18.5 Å². The highest BCUT2D eigenvalue weighted by Crippen LogP contribution is 2.33. The smallest absolute Gasteiger partial charge is 0.312 e. The number of hydrogen-bond acceptors (Lipinski definition) is 6. The summed E-state index contributed by atoms with van der Waals surface area (Å²) in [5.41, 5.74) is 0.542. The van der Waals surface area contributed by atoms with Gasteiger partial charge in [-0.1, -0.05) is 17.7 Å². The second-order valence-electron chi connectivity index (χ2n) is 5.85. The number of benzene rings is 2. The Morgan fingerprint density at radius 3 is 2.74 bits per heavy atom. The van der Waals surface area contributed by atoms with Gasteiger partial charge in [-0.25, -0.2) is 0 Å². The Morgan fingerprint density at radius 1 is 1.26 bits per heavy atom. The third-order valence-electron chi connectivity index (χ3n) is 3.92. The van der Waals surface area contributed by atoms with Crippen LogP contribution in [-0.2, 0) is 4.79 Å². The van der Waals surface area contributed by atoms with Crippen LogP contribution in [0.15, 0.2) is 36.4 Å². The van der Waals surface area contributed by atoms with Crippen LogP contribution in [0.3, 0.4) is 0 Å². The van der Waals surface area contributed by atoms with E-state index >= 15 is 0 Å². The van der Waals surface area contributed by atoms with Crippen molar-refractivity contribution < 1.29 is 23.9 Å². The van der Waals surface area contributed by atoms with Crippen molar-refractivity contribution in [3.63, 3.8) is 0 Å². The van der Waals surface area contributed by atoms with Crippen LogP contribution < -0.4 is 19.5 Å². The van der Waals surface area contributed by atoms with Gasteiger partial charge in [-0.05, 0) is 36.8 Å². The number of fused-ring (bicyclic) bond motifs is 1. The van der Waals surface area contributed by atoms with E-state index < -0.39 is 10.8 Å². The predicted octanol–water partition coefficient (Wildman–Crippen LogP) is 3.28. The van der Waals surface area contributed by atoms with Gasteiger partial charge in [0.1, 0.15) is 13.2 Å². The third-order valence-corrected chi connectivity index (χ3v) is 4.16. The average Bonchev–Trinajstić information content (AvgIpc) is 2.66. The lowest BCUT2D eigenvalue weighted by molar-refractivity contribution is -0.385. The van der Waals surface area contributed by atoms with Gasteiger partial charge in [0.05, 0.1) is 11.0 Å². The topological polar surface area (TPSA) is 99.9 Å². The fourth-order valence-electron chi connectivity index (χ4n) is 2.59. The van der Waals surface area contributed by atoms with E-state index in [0.29, 0.717) is 24.7 Å². The first-order valence-electron chi connectivity index (χ1n) is 8.19. The lowest BCUT2D eigenvalue weighted by atomic mass is 10.1. The average molecular weight is 393 g/mol. The second kappa shape index (κ2) is 8.13. The Kier molecular flexibility index (Phi) is 5.66. The van der Waals surface area contributed by atoms with Crippen molar-refractivity contribution in [1.29, 1.82) is 0 Å². The molecule has 0 fully saturated rings. The van der Waals surface area contributed by atoms with Gasteiger partial charge in [0, 0.05) is 11.1 Å². The maximum Gasteiger partial charge on any atom is 0.312 e. The number of carbonyl (C=O) groups excluding carboxylic acids is 1. The van der Waals surface area contributed by atoms with E-state index in [-0.39, 0.29) is 29.1 Å². The normalized spacial score (nSPS) is 13.6. The molecule has 0 spiro atoms. The highest BCUT2D eigenvalue weighted by Gasteiger charge is 2.19. The number of nitrogens with zero attached hydrogens (tertiary/aromatic N) is 1. The molecule has 0 radical (unpaired) electrons. The summed E-state index contributed by atoms with van der Waals surface area (Å²) in [5.74, 6) is 0.864. The molecule has 1 heterocycles. The van der Waals surface area contributed by atoms with Crippen molar-refractivity contribution in [2.24, 2.45) is 0 Å². The largest absolute Gasteiger partial charge is 0.486 e. The van der Waals surface area contributed by atoms with Gasteiger partial charge in [0.15, 0.2) is 23.9 Å². The molecule has 1 atom stereocenters. The molecule has 1 N–H and O–H groups in total. The van der Waals surface area contributed by atoms with Crippen LogP contribution in [0.25, 0.3) is 0 Å². The molecule has 0 saturated heterocycles. The van der Waals surface area contributed by atoms with Gasteiger partial charge in [0.25, 0.3) is 5.91 Å². The van der Waals surface area contributed by atoms with Crippen LogP contribution in [0, 0.1) is 10.1 Å². The molecular weight excluding hydrogens is 376 g/mol. The van der Waals surface area contributed by atoms with Gasteiger partial charge in [-0.3, -0.25) is 14.9 Å². The van der Waals surface area contributed by atoms with Crippen molar-refractivity contribution in [3.8, 4) is 17.2 Å². The molecule has 0 aliphatic carbocycles. The Labute approximate surface area is 160 Å². The first kappa shape index (κ1) is 18.8. The molecule has 2 aromatic carbocycles. The Balaban J connectivity index is 1.60. The third kappa shape index (κ3) is 4.59. The molecule has 1 unspecified atom stereocenters. The van der Waals surface area contributed by atoms with E-state index in [1.165, 1.54) is 18.2 Å². The van der Waals surface area contributed by atoms with Crippen LogP contribution in [-0.4, -0.2) is 30.7 Å². The van der Waals surface area contributed by atoms with Crippen molar-refractivity contribution >= 4 is 23.2 Å². The van der Waals surface area contributed by atoms with Crippen molar-refractivity contribution in [3.05, 3.63) is 57.1 Å². The first-order valence-corrected chi connectivity index (χ1v) is 8.57. The number of ether oxygens (including phenoxy) is 3. The zero-order valence-corrected chi connectivity index (χ0v) is 15.2. The van der Waals surface area contributed by atoms with E-state index in [0.717, 1.165) is 5.56 Å². The Bertz CT molecular complexity index is 873. The minimum absolute atomic E-state index is 0.0217. The maximum absolute atomic E-state index is 12.1. The van der Waals surface area contributed by atoms with Crippen molar-refractivity contribution in [1.82, 2.24) is 5.32 Å². The molecule has 9 heteroatoms. The lowest BCUT2D eigenvalue weighted by Crippen LogP contribution is -2.31. The van der Waals surface area contributed by atoms with E-state index in [1.54, 1.807) is 6.07 Å². The van der Waals surface area contributed by atoms with E-state index in [1.807, 2.05) is 19.1 Å². The summed E-state index contributed by atoms with van der Waals surface area (Å²) in [6.45, 7) is 2.43. The van der Waals surface area contributed by atoms with Crippen LogP contribution >= 0.6 is 11.6 Å². The number of amides is 1. The van der Waals surface area contributed by atoms with Crippen molar-refractivity contribution in [2.75, 3.05) is 19.8 Å². The zero-order chi connectivity index (χ0) is 19.4. The fourth-order valence-corrected chi connectivity index (χ4v) is 2.76. The molecular formula is C18H17ClN2O6. The van der Waals surface area contributed by atoms with E-state index in [9.17, 15) is 14.9 Å². The summed E-state index contributed by atoms with van der Waals surface area (Å²) < 4.78 is 16.3. The highest BCUT2D eigenvalue weighted by atomic mass is 35.5. The maximum atomic E-state index is 12.1. The summed E-state index contributed by atoms with van der Waals surface area (Å²) in [6.07, 6.45) is 0. The molecule has 2 aromatic rings. The minimum Gasteiger partial charge on any atom is -0.486 e. The quantitative estimate of drug-likeness (QED) is 0.598. The molecule has 0 saturated carbocycles. The number of nitro groups is 1. The number of hydrogen-bond donors (Lipinski definition) is 1. The van der Waals surface area contributed by atoms with Gasteiger partial charge in [-0.2, -0.15) is 0 Å². The lowest BCUT2D eigenvalue weighted by Gasteiger charge is -2.21. The standard InChI is InChI=1S/C18H17ClN2O6/c1-11(12-2-4-16-17(8-12)26-7-6-25-16)20-18(22)10-27-15-5-3-13(19)9-14(15)21(23)24/h2-5,8-9,11H,6-7,10H2,1H3,(H,20,22). The summed E-state index contributed by atoms with van der Waals surface area (Å²) in [7, 11) is 0. The van der Waals surface area contributed by atoms with Gasteiger partial charge in [0.2, 0.25) is 0 Å². The molecule has 27 heavy (non-hydrogen) atoms. The second-order valence-corrected chi connectivity index (χ2v) is 6.29. The molecule has 142 valence electrons. The van der Waals surface area contributed by atoms with Crippen LogP contribution in [0.2, 0.25) is 5.02 Å². The molecule has 0 aromatic heterocycles. The van der Waals surface area contributed by atoms with Gasteiger partial charge >= 0.3 is 5.69 Å². The molecule has 1 amide bonds.